The molecule has 0 aliphatic carbocycles. The second-order valence-corrected chi connectivity index (χ2v) is 8.14. The molecule has 1 atom stereocenters. The second kappa shape index (κ2) is 9.79. The Morgan fingerprint density at radius 2 is 2.00 bits per heavy atom. The number of nitrogens with one attached hydrogen (secondary N) is 1. The number of oxazole rings is 1. The fourth-order valence-corrected chi connectivity index (χ4v) is 4.02. The van der Waals surface area contributed by atoms with E-state index in [4.69, 9.17) is 16.0 Å². The van der Waals surface area contributed by atoms with E-state index in [2.05, 4.69) is 10.3 Å². The predicted molar refractivity (Wildman–Crippen MR) is 118 cm³/mol. The molecule has 0 saturated carbocycles. The zero-order valence-corrected chi connectivity index (χ0v) is 17.8. The quantitative estimate of drug-likeness (QED) is 0.631. The number of amides is 2. The number of nitrogens with zero attached hydrogens (tertiary/aromatic N) is 2. The van der Waals surface area contributed by atoms with Crippen LogP contribution < -0.4 is 5.32 Å². The van der Waals surface area contributed by atoms with Gasteiger partial charge >= 0.3 is 0 Å². The lowest BCUT2D eigenvalue weighted by Gasteiger charge is -2.31. The van der Waals surface area contributed by atoms with Crippen LogP contribution in [0.15, 0.2) is 65.2 Å². The molecule has 2 aromatic carbocycles. The van der Waals surface area contributed by atoms with Crippen molar-refractivity contribution in [3.8, 4) is 0 Å². The van der Waals surface area contributed by atoms with Gasteiger partial charge in [-0.1, -0.05) is 41.9 Å². The highest BCUT2D eigenvalue weighted by Crippen LogP contribution is 2.27. The Kier molecular flexibility index (Phi) is 6.67. The minimum Gasteiger partial charge on any atom is -0.445 e. The van der Waals surface area contributed by atoms with Crippen molar-refractivity contribution in [1.82, 2.24) is 15.2 Å². The first-order chi connectivity index (χ1) is 15.1. The lowest BCUT2D eigenvalue weighted by atomic mass is 9.98. The highest BCUT2D eigenvalue weighted by molar-refractivity contribution is 6.30. The summed E-state index contributed by atoms with van der Waals surface area (Å²) in [5, 5.41) is 3.40. The monoisotopic (exact) mass is 437 g/mol. The molecule has 1 fully saturated rings. The van der Waals surface area contributed by atoms with Crippen LogP contribution in [-0.2, 0) is 11.2 Å². The first-order valence-corrected chi connectivity index (χ1v) is 10.8. The summed E-state index contributed by atoms with van der Waals surface area (Å²) in [6.07, 6.45) is 4.15. The first kappa shape index (κ1) is 21.1. The number of rotatable bonds is 6. The third kappa shape index (κ3) is 5.52. The third-order valence-corrected chi connectivity index (χ3v) is 5.63. The normalized spacial score (nSPS) is 16.2. The smallest absolute Gasteiger partial charge is 0.251 e. The van der Waals surface area contributed by atoms with E-state index >= 15 is 0 Å². The maximum atomic E-state index is 12.6. The summed E-state index contributed by atoms with van der Waals surface area (Å²) in [7, 11) is 0. The maximum Gasteiger partial charge on any atom is 0.251 e. The van der Waals surface area contributed by atoms with Gasteiger partial charge in [0, 0.05) is 30.1 Å². The first-order valence-electron chi connectivity index (χ1n) is 10.4. The molecule has 0 spiro atoms. The molecule has 1 saturated heterocycles. The molecule has 6 nitrogen and oxygen atoms in total. The van der Waals surface area contributed by atoms with E-state index in [1.807, 2.05) is 30.3 Å². The van der Waals surface area contributed by atoms with Crippen LogP contribution in [0.25, 0.3) is 0 Å². The molecule has 1 aliphatic rings. The standard InChI is InChI=1S/C24H24ClN3O3/c25-20-10-4-6-17(12-20)13-21-14-27-24(31-21)19-9-5-11-28(16-19)22(29)15-26-23(30)18-7-2-1-3-8-18/h1-4,6-8,10,12,14,19H,5,9,11,13,15-16H2,(H,26,30)/t19-/m1/s1. The Labute approximate surface area is 186 Å². The highest BCUT2D eigenvalue weighted by atomic mass is 35.5. The molecule has 0 bridgehead atoms. The molecule has 2 heterocycles. The average molecular weight is 438 g/mol. The van der Waals surface area contributed by atoms with Gasteiger partial charge in [-0.05, 0) is 42.7 Å². The number of piperidine rings is 1. The Bertz CT molecular complexity index is 1050. The van der Waals surface area contributed by atoms with Gasteiger partial charge in [0.25, 0.3) is 5.91 Å². The summed E-state index contributed by atoms with van der Waals surface area (Å²) in [6.45, 7) is 1.19. The van der Waals surface area contributed by atoms with Gasteiger partial charge in [0.2, 0.25) is 5.91 Å². The van der Waals surface area contributed by atoms with Gasteiger partial charge in [0.1, 0.15) is 5.76 Å². The zero-order valence-electron chi connectivity index (χ0n) is 17.1. The fourth-order valence-electron chi connectivity index (χ4n) is 3.81. The van der Waals surface area contributed by atoms with Crippen LogP contribution in [0, 0.1) is 0 Å². The Balaban J connectivity index is 1.32. The van der Waals surface area contributed by atoms with E-state index in [0.29, 0.717) is 36.0 Å². The molecule has 160 valence electrons. The van der Waals surface area contributed by atoms with E-state index in [1.165, 1.54) is 0 Å². The molecular formula is C24H24ClN3O3. The van der Waals surface area contributed by atoms with Gasteiger partial charge < -0.3 is 14.6 Å². The number of halogens is 1. The lowest BCUT2D eigenvalue weighted by Crippen LogP contribution is -2.44. The number of hydrogen-bond donors (Lipinski definition) is 1. The van der Waals surface area contributed by atoms with Crippen LogP contribution in [0.2, 0.25) is 5.02 Å². The highest BCUT2D eigenvalue weighted by Gasteiger charge is 2.28. The van der Waals surface area contributed by atoms with Crippen LogP contribution in [0.4, 0.5) is 0 Å². The Morgan fingerprint density at radius 3 is 2.81 bits per heavy atom. The summed E-state index contributed by atoms with van der Waals surface area (Å²) in [6, 6.07) is 16.5. The number of aromatic nitrogens is 1. The second-order valence-electron chi connectivity index (χ2n) is 7.70. The molecule has 2 amide bonds. The molecule has 1 aromatic heterocycles. The molecule has 1 aliphatic heterocycles. The van der Waals surface area contributed by atoms with E-state index < -0.39 is 0 Å². The van der Waals surface area contributed by atoms with Crippen LogP contribution in [0.5, 0.6) is 0 Å². The van der Waals surface area contributed by atoms with Gasteiger partial charge in [0.05, 0.1) is 18.7 Å². The topological polar surface area (TPSA) is 75.4 Å². The van der Waals surface area contributed by atoms with Crippen molar-refractivity contribution in [3.63, 3.8) is 0 Å². The molecule has 7 heteroatoms. The van der Waals surface area contributed by atoms with E-state index in [9.17, 15) is 9.59 Å². The van der Waals surface area contributed by atoms with Crippen molar-refractivity contribution in [2.75, 3.05) is 19.6 Å². The number of carbonyl (C=O) groups excluding carboxylic acids is 2. The lowest BCUT2D eigenvalue weighted by molar-refractivity contribution is -0.131. The van der Waals surface area contributed by atoms with Crippen molar-refractivity contribution in [2.24, 2.45) is 0 Å². The van der Waals surface area contributed by atoms with Gasteiger partial charge in [-0.2, -0.15) is 0 Å². The Morgan fingerprint density at radius 1 is 1.16 bits per heavy atom. The maximum absolute atomic E-state index is 12.6. The van der Waals surface area contributed by atoms with Gasteiger partial charge in [-0.3, -0.25) is 9.59 Å². The van der Waals surface area contributed by atoms with Gasteiger partial charge in [0.15, 0.2) is 5.89 Å². The minimum atomic E-state index is -0.249. The summed E-state index contributed by atoms with van der Waals surface area (Å²) in [5.41, 5.74) is 1.60. The zero-order chi connectivity index (χ0) is 21.6. The summed E-state index contributed by atoms with van der Waals surface area (Å²) < 4.78 is 5.99. The number of likely N-dealkylation sites (tertiary alicyclic amines) is 1. The summed E-state index contributed by atoms with van der Waals surface area (Å²) in [5.74, 6) is 1.13. The SMILES string of the molecule is O=C(NCC(=O)N1CCC[C@@H](c2ncc(Cc3cccc(Cl)c3)o2)C1)c1ccccc1. The molecule has 0 unspecified atom stereocenters. The van der Waals surface area contributed by atoms with Crippen LogP contribution in [0.3, 0.4) is 0 Å². The molecule has 3 aromatic rings. The van der Waals surface area contributed by atoms with E-state index in [-0.39, 0.29) is 24.3 Å². The van der Waals surface area contributed by atoms with Crippen LogP contribution >= 0.6 is 11.6 Å². The number of carbonyl (C=O) groups is 2. The van der Waals surface area contributed by atoms with Crippen molar-refractivity contribution in [3.05, 3.63) is 88.6 Å². The van der Waals surface area contributed by atoms with Gasteiger partial charge in [-0.25, -0.2) is 4.98 Å². The molecule has 1 N–H and O–H groups in total. The number of benzene rings is 2. The third-order valence-electron chi connectivity index (χ3n) is 5.40. The molecule has 31 heavy (non-hydrogen) atoms. The average Bonchev–Trinajstić information content (AvgIpc) is 3.26. The largest absolute Gasteiger partial charge is 0.445 e. The van der Waals surface area contributed by atoms with E-state index in [0.717, 1.165) is 24.2 Å². The summed E-state index contributed by atoms with van der Waals surface area (Å²) in [4.78, 5) is 31.0. The van der Waals surface area contributed by atoms with E-state index in [1.54, 1.807) is 35.4 Å². The molecule has 0 radical (unpaired) electrons. The minimum absolute atomic E-state index is 0.0218. The van der Waals surface area contributed by atoms with Crippen LogP contribution in [-0.4, -0.2) is 41.3 Å². The Hall–Kier alpha value is -3.12. The van der Waals surface area contributed by atoms with Crippen molar-refractivity contribution in [2.45, 2.75) is 25.2 Å². The molecular weight excluding hydrogens is 414 g/mol. The van der Waals surface area contributed by atoms with Crippen LogP contribution in [0.1, 0.15) is 46.3 Å². The van der Waals surface area contributed by atoms with Gasteiger partial charge in [-0.15, -0.1) is 0 Å². The van der Waals surface area contributed by atoms with Crippen molar-refractivity contribution < 1.29 is 14.0 Å². The predicted octanol–water partition coefficient (Wildman–Crippen LogP) is 4.05. The van der Waals surface area contributed by atoms with Crippen molar-refractivity contribution >= 4 is 23.4 Å². The number of hydrogen-bond acceptors (Lipinski definition) is 4. The summed E-state index contributed by atoms with van der Waals surface area (Å²) >= 11 is 6.05. The van der Waals surface area contributed by atoms with Crippen molar-refractivity contribution in [1.29, 1.82) is 0 Å². The fraction of sp³-hybridized carbons (Fsp3) is 0.292. The molecule has 4 rings (SSSR count).